The third-order valence-electron chi connectivity index (χ3n) is 3.93. The Labute approximate surface area is 122 Å². The van der Waals surface area contributed by atoms with Crippen LogP contribution in [-0.4, -0.2) is 24.0 Å². The normalized spacial score (nSPS) is 16.4. The van der Waals surface area contributed by atoms with E-state index in [9.17, 15) is 0 Å². The van der Waals surface area contributed by atoms with Gasteiger partial charge in [-0.15, -0.1) is 0 Å². The van der Waals surface area contributed by atoms with Gasteiger partial charge in [-0.2, -0.15) is 0 Å². The second-order valence-electron chi connectivity index (χ2n) is 5.37. The van der Waals surface area contributed by atoms with E-state index in [0.717, 1.165) is 11.4 Å². The maximum Gasteiger partial charge on any atom is 0.0498 e. The summed E-state index contributed by atoms with van der Waals surface area (Å²) in [6.07, 6.45) is 3.35. The van der Waals surface area contributed by atoms with Crippen molar-refractivity contribution in [1.82, 2.24) is 4.90 Å². The SMILES string of the molecule is CCCC(C)N(C)C(c1ccc(Cl)cc1)C(N)CC. The quantitative estimate of drug-likeness (QED) is 0.810. The molecule has 3 heteroatoms. The van der Waals surface area contributed by atoms with Gasteiger partial charge in [-0.05, 0) is 44.5 Å². The molecule has 1 aromatic carbocycles. The lowest BCUT2D eigenvalue weighted by molar-refractivity contribution is 0.151. The van der Waals surface area contributed by atoms with Gasteiger partial charge >= 0.3 is 0 Å². The number of halogens is 1. The van der Waals surface area contributed by atoms with Crippen LogP contribution in [0.15, 0.2) is 24.3 Å². The molecule has 0 radical (unpaired) electrons. The van der Waals surface area contributed by atoms with Crippen molar-refractivity contribution in [2.24, 2.45) is 5.73 Å². The van der Waals surface area contributed by atoms with Crippen molar-refractivity contribution in [3.05, 3.63) is 34.9 Å². The van der Waals surface area contributed by atoms with Crippen LogP contribution in [0.3, 0.4) is 0 Å². The van der Waals surface area contributed by atoms with E-state index < -0.39 is 0 Å². The third kappa shape index (κ3) is 4.48. The van der Waals surface area contributed by atoms with E-state index >= 15 is 0 Å². The monoisotopic (exact) mass is 282 g/mol. The highest BCUT2D eigenvalue weighted by Gasteiger charge is 2.25. The number of rotatable bonds is 7. The summed E-state index contributed by atoms with van der Waals surface area (Å²) in [7, 11) is 2.18. The first-order valence-electron chi connectivity index (χ1n) is 7.24. The number of likely N-dealkylation sites (N-methyl/N-ethyl adjacent to an activating group) is 1. The van der Waals surface area contributed by atoms with Crippen LogP contribution >= 0.6 is 11.6 Å². The molecule has 0 aliphatic rings. The zero-order valence-electron chi connectivity index (χ0n) is 12.6. The minimum Gasteiger partial charge on any atom is -0.326 e. The number of nitrogens with zero attached hydrogens (tertiary/aromatic N) is 1. The van der Waals surface area contributed by atoms with Crippen LogP contribution in [0, 0.1) is 0 Å². The maximum absolute atomic E-state index is 6.35. The van der Waals surface area contributed by atoms with Gasteiger partial charge in [0.25, 0.3) is 0 Å². The van der Waals surface area contributed by atoms with E-state index in [1.54, 1.807) is 0 Å². The molecule has 1 rings (SSSR count). The van der Waals surface area contributed by atoms with Gasteiger partial charge in [-0.3, -0.25) is 4.90 Å². The Balaban J connectivity index is 2.97. The van der Waals surface area contributed by atoms with Crippen molar-refractivity contribution in [3.63, 3.8) is 0 Å². The first-order chi connectivity index (χ1) is 9.01. The molecule has 108 valence electrons. The summed E-state index contributed by atoms with van der Waals surface area (Å²) < 4.78 is 0. The zero-order chi connectivity index (χ0) is 14.4. The van der Waals surface area contributed by atoms with Crippen molar-refractivity contribution in [3.8, 4) is 0 Å². The molecular weight excluding hydrogens is 256 g/mol. The van der Waals surface area contributed by atoms with Crippen molar-refractivity contribution >= 4 is 11.6 Å². The summed E-state index contributed by atoms with van der Waals surface area (Å²) in [5.74, 6) is 0. The molecule has 0 aliphatic heterocycles. The van der Waals surface area contributed by atoms with E-state index in [4.69, 9.17) is 17.3 Å². The minimum absolute atomic E-state index is 0.144. The first-order valence-corrected chi connectivity index (χ1v) is 7.62. The standard InChI is InChI=1S/C16H27ClN2/c1-5-7-12(3)19(4)16(15(18)6-2)13-8-10-14(17)11-9-13/h8-12,15-16H,5-7,18H2,1-4H3. The van der Waals surface area contributed by atoms with Crippen molar-refractivity contribution in [2.75, 3.05) is 7.05 Å². The molecule has 3 unspecified atom stereocenters. The predicted octanol–water partition coefficient (Wildman–Crippen LogP) is 4.24. The largest absolute Gasteiger partial charge is 0.326 e. The highest BCUT2D eigenvalue weighted by molar-refractivity contribution is 6.30. The molecule has 19 heavy (non-hydrogen) atoms. The van der Waals surface area contributed by atoms with Crippen LogP contribution in [0.5, 0.6) is 0 Å². The number of hydrogen-bond donors (Lipinski definition) is 1. The zero-order valence-corrected chi connectivity index (χ0v) is 13.3. The average molecular weight is 283 g/mol. The molecule has 0 saturated carbocycles. The molecule has 2 N–H and O–H groups in total. The molecule has 0 spiro atoms. The van der Waals surface area contributed by atoms with E-state index in [2.05, 4.69) is 44.9 Å². The Morgan fingerprint density at radius 1 is 1.21 bits per heavy atom. The smallest absolute Gasteiger partial charge is 0.0498 e. The maximum atomic E-state index is 6.35. The fraction of sp³-hybridized carbons (Fsp3) is 0.625. The molecule has 1 aromatic rings. The Hall–Kier alpha value is -0.570. The summed E-state index contributed by atoms with van der Waals surface area (Å²) >= 11 is 5.98. The molecule has 0 aromatic heterocycles. The van der Waals surface area contributed by atoms with Gasteiger partial charge in [-0.1, -0.05) is 44.0 Å². The molecule has 3 atom stereocenters. The highest BCUT2D eigenvalue weighted by atomic mass is 35.5. The molecule has 0 saturated heterocycles. The van der Waals surface area contributed by atoms with Gasteiger partial charge in [-0.25, -0.2) is 0 Å². The molecule has 0 aliphatic carbocycles. The molecule has 2 nitrogen and oxygen atoms in total. The van der Waals surface area contributed by atoms with Gasteiger partial charge in [0.1, 0.15) is 0 Å². The number of hydrogen-bond acceptors (Lipinski definition) is 2. The molecule has 0 bridgehead atoms. The predicted molar refractivity (Wildman–Crippen MR) is 84.6 cm³/mol. The van der Waals surface area contributed by atoms with Crippen LogP contribution in [0.4, 0.5) is 0 Å². The van der Waals surface area contributed by atoms with Gasteiger partial charge < -0.3 is 5.73 Å². The van der Waals surface area contributed by atoms with Gasteiger partial charge in [0.2, 0.25) is 0 Å². The highest BCUT2D eigenvalue weighted by Crippen LogP contribution is 2.27. The van der Waals surface area contributed by atoms with Gasteiger partial charge in [0.05, 0.1) is 0 Å². The van der Waals surface area contributed by atoms with E-state index in [1.807, 2.05) is 12.1 Å². The number of benzene rings is 1. The Kier molecular flexibility index (Phi) is 6.84. The van der Waals surface area contributed by atoms with Gasteiger partial charge in [0.15, 0.2) is 0 Å². The fourth-order valence-corrected chi connectivity index (χ4v) is 2.69. The Bertz CT molecular complexity index is 364. The van der Waals surface area contributed by atoms with Crippen molar-refractivity contribution in [1.29, 1.82) is 0 Å². The molecule has 0 heterocycles. The van der Waals surface area contributed by atoms with Crippen molar-refractivity contribution in [2.45, 2.75) is 58.2 Å². The molecular formula is C16H27ClN2. The van der Waals surface area contributed by atoms with Crippen LogP contribution in [0.25, 0.3) is 0 Å². The van der Waals surface area contributed by atoms with Crippen molar-refractivity contribution < 1.29 is 0 Å². The Morgan fingerprint density at radius 2 is 1.79 bits per heavy atom. The lowest BCUT2D eigenvalue weighted by Gasteiger charge is -2.37. The third-order valence-corrected chi connectivity index (χ3v) is 4.18. The summed E-state index contributed by atoms with van der Waals surface area (Å²) in [5.41, 5.74) is 7.60. The molecule has 0 fully saturated rings. The topological polar surface area (TPSA) is 29.3 Å². The fourth-order valence-electron chi connectivity index (χ4n) is 2.56. The summed E-state index contributed by atoms with van der Waals surface area (Å²) in [6, 6.07) is 9.02. The van der Waals surface area contributed by atoms with Crippen LogP contribution in [0.1, 0.15) is 51.6 Å². The lowest BCUT2D eigenvalue weighted by Crippen LogP contribution is -2.42. The van der Waals surface area contributed by atoms with Crippen LogP contribution < -0.4 is 5.73 Å². The summed E-state index contributed by atoms with van der Waals surface area (Å²) in [6.45, 7) is 6.64. The summed E-state index contributed by atoms with van der Waals surface area (Å²) in [4.78, 5) is 2.40. The lowest BCUT2D eigenvalue weighted by atomic mass is 9.95. The van der Waals surface area contributed by atoms with E-state index in [0.29, 0.717) is 6.04 Å². The first kappa shape index (κ1) is 16.5. The van der Waals surface area contributed by atoms with Crippen LogP contribution in [-0.2, 0) is 0 Å². The summed E-state index contributed by atoms with van der Waals surface area (Å²) in [5, 5.41) is 0.775. The second kappa shape index (κ2) is 7.88. The average Bonchev–Trinajstić information content (AvgIpc) is 2.41. The van der Waals surface area contributed by atoms with E-state index in [-0.39, 0.29) is 12.1 Å². The second-order valence-corrected chi connectivity index (χ2v) is 5.81. The Morgan fingerprint density at radius 3 is 2.26 bits per heavy atom. The number of nitrogens with two attached hydrogens (primary N) is 1. The van der Waals surface area contributed by atoms with Gasteiger partial charge in [0, 0.05) is 23.1 Å². The molecule has 0 amide bonds. The van der Waals surface area contributed by atoms with E-state index in [1.165, 1.54) is 18.4 Å². The minimum atomic E-state index is 0.144. The van der Waals surface area contributed by atoms with Crippen LogP contribution in [0.2, 0.25) is 5.02 Å².